The van der Waals surface area contributed by atoms with E-state index in [0.717, 1.165) is 54.9 Å². The second-order valence-electron chi connectivity index (χ2n) is 9.67. The van der Waals surface area contributed by atoms with Crippen molar-refractivity contribution in [2.24, 2.45) is 11.8 Å². The molecule has 2 fully saturated rings. The van der Waals surface area contributed by atoms with Crippen LogP contribution in [0.1, 0.15) is 36.1 Å². The summed E-state index contributed by atoms with van der Waals surface area (Å²) in [6, 6.07) is 14.9. The first-order valence-electron chi connectivity index (χ1n) is 11.2. The van der Waals surface area contributed by atoms with Crippen molar-refractivity contribution in [2.75, 3.05) is 19.6 Å². The lowest BCUT2D eigenvalue weighted by Crippen LogP contribution is -2.54. The third-order valence-electron chi connectivity index (χ3n) is 7.66. The first-order valence-corrected chi connectivity index (χ1v) is 11.2. The number of pyridine rings is 1. The summed E-state index contributed by atoms with van der Waals surface area (Å²) in [5, 5.41) is 11.1. The Kier molecular flexibility index (Phi) is 4.14. The van der Waals surface area contributed by atoms with Crippen molar-refractivity contribution in [1.29, 1.82) is 0 Å². The normalized spacial score (nSPS) is 26.4. The van der Waals surface area contributed by atoms with Crippen molar-refractivity contribution in [2.45, 2.75) is 37.5 Å². The number of piperidine rings is 1. The van der Waals surface area contributed by atoms with E-state index in [2.05, 4.69) is 17.0 Å². The van der Waals surface area contributed by atoms with E-state index >= 15 is 0 Å². The Labute approximate surface area is 176 Å². The van der Waals surface area contributed by atoms with Crippen molar-refractivity contribution >= 4 is 10.9 Å². The number of benzene rings is 2. The van der Waals surface area contributed by atoms with Crippen molar-refractivity contribution in [3.63, 3.8) is 0 Å². The van der Waals surface area contributed by atoms with Gasteiger partial charge in [-0.25, -0.2) is 4.39 Å². The predicted molar refractivity (Wildman–Crippen MR) is 116 cm³/mol. The summed E-state index contributed by atoms with van der Waals surface area (Å²) in [7, 11) is 0. The topological polar surface area (TPSA) is 36.4 Å². The van der Waals surface area contributed by atoms with Gasteiger partial charge in [-0.2, -0.15) is 0 Å². The van der Waals surface area contributed by atoms with E-state index in [1.54, 1.807) is 18.2 Å². The Balaban J connectivity index is 1.44. The van der Waals surface area contributed by atoms with E-state index in [1.165, 1.54) is 36.6 Å². The fourth-order valence-corrected chi connectivity index (χ4v) is 5.89. The van der Waals surface area contributed by atoms with Gasteiger partial charge in [0.05, 0.1) is 5.52 Å². The quantitative estimate of drug-likeness (QED) is 0.681. The first-order chi connectivity index (χ1) is 14.6. The van der Waals surface area contributed by atoms with Crippen LogP contribution in [0.15, 0.2) is 48.5 Å². The maximum atomic E-state index is 13.8. The summed E-state index contributed by atoms with van der Waals surface area (Å²) < 4.78 is 13.8. The number of fused-ring (bicyclic) bond motifs is 3. The number of aromatic hydroxyl groups is 1. The maximum Gasteiger partial charge on any atom is 0.123 e. The van der Waals surface area contributed by atoms with Crippen LogP contribution in [0.2, 0.25) is 0 Å². The highest BCUT2D eigenvalue weighted by Gasteiger charge is 2.48. The van der Waals surface area contributed by atoms with Gasteiger partial charge in [0.25, 0.3) is 0 Å². The van der Waals surface area contributed by atoms with Crippen LogP contribution in [0.4, 0.5) is 4.39 Å². The molecule has 3 aromatic rings. The molecule has 2 aromatic carbocycles. The molecule has 3 aliphatic rings. The highest BCUT2D eigenvalue weighted by Crippen LogP contribution is 2.49. The van der Waals surface area contributed by atoms with Crippen LogP contribution >= 0.6 is 0 Å². The highest BCUT2D eigenvalue weighted by atomic mass is 19.1. The molecule has 2 atom stereocenters. The van der Waals surface area contributed by atoms with Gasteiger partial charge < -0.3 is 10.0 Å². The third-order valence-corrected chi connectivity index (χ3v) is 7.66. The Morgan fingerprint density at radius 1 is 1.13 bits per heavy atom. The maximum absolute atomic E-state index is 13.8. The van der Waals surface area contributed by atoms with Crippen LogP contribution in [-0.2, 0) is 18.3 Å². The van der Waals surface area contributed by atoms with Crippen molar-refractivity contribution in [1.82, 2.24) is 9.88 Å². The molecular formula is C26H27FN2O. The zero-order valence-electron chi connectivity index (χ0n) is 17.1. The van der Waals surface area contributed by atoms with E-state index in [9.17, 15) is 9.50 Å². The number of rotatable bonds is 3. The minimum absolute atomic E-state index is 0.00645. The molecular weight excluding hydrogens is 375 g/mol. The Bertz CT molecular complexity index is 1130. The van der Waals surface area contributed by atoms with Gasteiger partial charge in [0, 0.05) is 36.0 Å². The lowest BCUT2D eigenvalue weighted by molar-refractivity contribution is 0.0777. The average Bonchev–Trinajstić information content (AvgIpc) is 3.55. The summed E-state index contributed by atoms with van der Waals surface area (Å²) in [5.41, 5.74) is 4.52. The molecule has 6 rings (SSSR count). The van der Waals surface area contributed by atoms with E-state index in [4.69, 9.17) is 4.98 Å². The standard InChI is InChI=1S/C26H27FN2O/c27-22-6-7-24-19(12-22)10-18-11-21-16-29(15-17-4-5-17)9-8-26(21,14-25(18)28-24)20-2-1-3-23(30)13-20/h1-3,6-7,10,12-13,17,21,30H,4-5,8-9,11,14-16H2/t21-,26-/m0/s1. The zero-order chi connectivity index (χ0) is 20.3. The fourth-order valence-electron chi connectivity index (χ4n) is 5.89. The molecule has 2 aliphatic carbocycles. The number of hydrogen-bond donors (Lipinski definition) is 1. The molecule has 1 aromatic heterocycles. The third kappa shape index (κ3) is 3.09. The lowest BCUT2D eigenvalue weighted by Gasteiger charge is -2.51. The average molecular weight is 403 g/mol. The number of hydrogen-bond acceptors (Lipinski definition) is 3. The van der Waals surface area contributed by atoms with Gasteiger partial charge >= 0.3 is 0 Å². The van der Waals surface area contributed by atoms with E-state index in [-0.39, 0.29) is 11.2 Å². The molecule has 0 unspecified atom stereocenters. The molecule has 30 heavy (non-hydrogen) atoms. The number of phenolic OH excluding ortho intramolecular Hbond substituents is 1. The fraction of sp³-hybridized carbons (Fsp3) is 0.423. The van der Waals surface area contributed by atoms with Crippen LogP contribution in [0.5, 0.6) is 5.75 Å². The molecule has 2 heterocycles. The largest absolute Gasteiger partial charge is 0.508 e. The highest BCUT2D eigenvalue weighted by molar-refractivity contribution is 5.79. The van der Waals surface area contributed by atoms with Gasteiger partial charge in [-0.3, -0.25) is 4.98 Å². The SMILES string of the molecule is Oc1cccc([C@@]23CCN(CC4CC4)C[C@@H]2Cc2cc4cc(F)ccc4nc2C3)c1. The van der Waals surface area contributed by atoms with Gasteiger partial charge in [-0.1, -0.05) is 12.1 Å². The summed E-state index contributed by atoms with van der Waals surface area (Å²) in [5.74, 6) is 1.51. The predicted octanol–water partition coefficient (Wildman–Crippen LogP) is 4.85. The van der Waals surface area contributed by atoms with E-state index < -0.39 is 0 Å². The van der Waals surface area contributed by atoms with Crippen molar-refractivity contribution in [3.8, 4) is 5.75 Å². The summed E-state index contributed by atoms with van der Waals surface area (Å²) in [4.78, 5) is 7.63. The second-order valence-corrected chi connectivity index (χ2v) is 9.67. The van der Waals surface area contributed by atoms with Crippen LogP contribution in [-0.4, -0.2) is 34.6 Å². The van der Waals surface area contributed by atoms with Crippen LogP contribution in [0.3, 0.4) is 0 Å². The Hall–Kier alpha value is -2.46. The molecule has 1 saturated carbocycles. The molecule has 1 N–H and O–H groups in total. The Morgan fingerprint density at radius 2 is 2.03 bits per heavy atom. The number of aromatic nitrogens is 1. The van der Waals surface area contributed by atoms with E-state index in [1.807, 2.05) is 12.1 Å². The summed E-state index contributed by atoms with van der Waals surface area (Å²) in [6.45, 7) is 3.42. The van der Waals surface area contributed by atoms with Crippen molar-refractivity contribution in [3.05, 3.63) is 71.2 Å². The van der Waals surface area contributed by atoms with Crippen molar-refractivity contribution < 1.29 is 9.50 Å². The number of halogens is 1. The molecule has 3 nitrogen and oxygen atoms in total. The number of phenols is 1. The van der Waals surface area contributed by atoms with Gasteiger partial charge in [0.1, 0.15) is 11.6 Å². The number of likely N-dealkylation sites (tertiary alicyclic amines) is 1. The van der Waals surface area contributed by atoms with Gasteiger partial charge in [-0.05, 0) is 91.6 Å². The monoisotopic (exact) mass is 402 g/mol. The van der Waals surface area contributed by atoms with E-state index in [0.29, 0.717) is 11.7 Å². The molecule has 4 heteroatoms. The Morgan fingerprint density at radius 3 is 2.87 bits per heavy atom. The smallest absolute Gasteiger partial charge is 0.123 e. The molecule has 1 saturated heterocycles. The molecule has 0 radical (unpaired) electrons. The van der Waals surface area contributed by atoms with Crippen LogP contribution < -0.4 is 0 Å². The van der Waals surface area contributed by atoms with Gasteiger partial charge in [0.2, 0.25) is 0 Å². The molecule has 154 valence electrons. The first kappa shape index (κ1) is 18.3. The lowest BCUT2D eigenvalue weighted by atomic mass is 9.58. The molecule has 0 bridgehead atoms. The summed E-state index contributed by atoms with van der Waals surface area (Å²) >= 11 is 0. The minimum Gasteiger partial charge on any atom is -0.508 e. The zero-order valence-corrected chi connectivity index (χ0v) is 17.1. The van der Waals surface area contributed by atoms with Gasteiger partial charge in [-0.15, -0.1) is 0 Å². The summed E-state index contributed by atoms with van der Waals surface area (Å²) in [6.07, 6.45) is 5.70. The molecule has 0 spiro atoms. The number of nitrogens with zero attached hydrogens (tertiary/aromatic N) is 2. The van der Waals surface area contributed by atoms with Crippen LogP contribution in [0, 0.1) is 17.7 Å². The molecule has 0 amide bonds. The second kappa shape index (κ2) is 6.78. The minimum atomic E-state index is -0.206. The van der Waals surface area contributed by atoms with Crippen LogP contribution in [0.25, 0.3) is 10.9 Å². The molecule has 1 aliphatic heterocycles. The van der Waals surface area contributed by atoms with Gasteiger partial charge in [0.15, 0.2) is 0 Å².